The van der Waals surface area contributed by atoms with Crippen LogP contribution in [0, 0.1) is 0 Å². The lowest BCUT2D eigenvalue weighted by Crippen LogP contribution is -2.29. The van der Waals surface area contributed by atoms with Crippen LogP contribution in [0.1, 0.15) is 6.42 Å². The molecule has 11 heteroatoms. The third kappa shape index (κ3) is 5.37. The van der Waals surface area contributed by atoms with Gasteiger partial charge in [0.2, 0.25) is 10.0 Å². The standard InChI is InChI=1S/C23H20BrCl3N4O2S/c1-30(34(32,33)17-12-15(25)11-16(26)13-17)9-4-8-28-22-14-21(18-5-2-3-6-20(18)27)29-23-19(24)7-10-31(22)23/h2-3,5-7,10-14,28H,4,8-9H2,1H3. The van der Waals surface area contributed by atoms with E-state index < -0.39 is 10.0 Å². The summed E-state index contributed by atoms with van der Waals surface area (Å²) in [6, 6.07) is 15.7. The van der Waals surface area contributed by atoms with Crippen LogP contribution in [0.3, 0.4) is 0 Å². The van der Waals surface area contributed by atoms with E-state index >= 15 is 0 Å². The fourth-order valence-electron chi connectivity index (χ4n) is 3.49. The highest BCUT2D eigenvalue weighted by atomic mass is 79.9. The first-order chi connectivity index (χ1) is 16.2. The van der Waals surface area contributed by atoms with Crippen LogP contribution in [-0.2, 0) is 10.0 Å². The lowest BCUT2D eigenvalue weighted by molar-refractivity contribution is 0.465. The van der Waals surface area contributed by atoms with Crippen LogP contribution in [0.25, 0.3) is 16.9 Å². The van der Waals surface area contributed by atoms with E-state index in [2.05, 4.69) is 21.2 Å². The number of nitrogens with zero attached hydrogens (tertiary/aromatic N) is 3. The Labute approximate surface area is 221 Å². The third-order valence-corrected chi connectivity index (χ3v) is 8.44. The van der Waals surface area contributed by atoms with Gasteiger partial charge in [-0.3, -0.25) is 4.40 Å². The minimum Gasteiger partial charge on any atom is -0.371 e. The van der Waals surface area contributed by atoms with E-state index in [9.17, 15) is 8.42 Å². The first-order valence-corrected chi connectivity index (χ1v) is 13.6. The van der Waals surface area contributed by atoms with Crippen molar-refractivity contribution in [3.63, 3.8) is 0 Å². The van der Waals surface area contributed by atoms with Crippen molar-refractivity contribution in [3.05, 3.63) is 80.3 Å². The second-order valence-electron chi connectivity index (χ2n) is 7.58. The topological polar surface area (TPSA) is 66.7 Å². The average molecular weight is 603 g/mol. The molecule has 6 nitrogen and oxygen atoms in total. The number of fused-ring (bicyclic) bond motifs is 1. The Morgan fingerprint density at radius 2 is 1.76 bits per heavy atom. The minimum atomic E-state index is -3.71. The van der Waals surface area contributed by atoms with Crippen LogP contribution in [0.4, 0.5) is 5.82 Å². The number of benzene rings is 2. The monoisotopic (exact) mass is 600 g/mol. The van der Waals surface area contributed by atoms with Crippen molar-refractivity contribution in [1.82, 2.24) is 13.7 Å². The molecule has 0 unspecified atom stereocenters. The van der Waals surface area contributed by atoms with Gasteiger partial charge < -0.3 is 5.32 Å². The zero-order valence-corrected chi connectivity index (χ0v) is 22.6. The number of hydrogen-bond acceptors (Lipinski definition) is 4. The highest BCUT2D eigenvalue weighted by molar-refractivity contribution is 9.10. The molecule has 0 saturated carbocycles. The maximum atomic E-state index is 12.9. The zero-order valence-electron chi connectivity index (χ0n) is 18.0. The molecule has 1 N–H and O–H groups in total. The summed E-state index contributed by atoms with van der Waals surface area (Å²) in [4.78, 5) is 4.81. The first-order valence-electron chi connectivity index (χ1n) is 10.3. The number of halogens is 4. The van der Waals surface area contributed by atoms with Crippen molar-refractivity contribution < 1.29 is 8.42 Å². The van der Waals surface area contributed by atoms with E-state index in [4.69, 9.17) is 39.8 Å². The van der Waals surface area contributed by atoms with Gasteiger partial charge in [-0.2, -0.15) is 0 Å². The average Bonchev–Trinajstić information content (AvgIpc) is 3.17. The quantitative estimate of drug-likeness (QED) is 0.224. The summed E-state index contributed by atoms with van der Waals surface area (Å²) in [5.41, 5.74) is 2.31. The largest absolute Gasteiger partial charge is 0.371 e. The Hall–Kier alpha value is -1.81. The summed E-state index contributed by atoms with van der Waals surface area (Å²) in [6.45, 7) is 0.841. The Kier molecular flexibility index (Phi) is 7.76. The zero-order chi connectivity index (χ0) is 24.5. The number of anilines is 1. The van der Waals surface area contributed by atoms with Gasteiger partial charge in [-0.15, -0.1) is 0 Å². The Morgan fingerprint density at radius 1 is 1.06 bits per heavy atom. The Bertz CT molecular complexity index is 1440. The SMILES string of the molecule is CN(CCCNc1cc(-c2ccccc2Cl)nc2c(Br)ccn12)S(=O)(=O)c1cc(Cl)cc(Cl)c1. The summed E-state index contributed by atoms with van der Waals surface area (Å²) in [7, 11) is -2.17. The molecule has 0 amide bonds. The van der Waals surface area contributed by atoms with Gasteiger partial charge in [0.05, 0.1) is 15.1 Å². The molecule has 34 heavy (non-hydrogen) atoms. The molecule has 2 aromatic heterocycles. The van der Waals surface area contributed by atoms with Crippen molar-refractivity contribution in [3.8, 4) is 11.3 Å². The number of rotatable bonds is 8. The minimum absolute atomic E-state index is 0.0675. The van der Waals surface area contributed by atoms with Gasteiger partial charge in [-0.05, 0) is 52.7 Å². The molecule has 4 rings (SSSR count). The molecule has 0 spiro atoms. The summed E-state index contributed by atoms with van der Waals surface area (Å²) >= 11 is 21.9. The first kappa shape index (κ1) is 25.3. The number of nitrogens with one attached hydrogen (secondary N) is 1. The molecule has 2 aromatic carbocycles. The van der Waals surface area contributed by atoms with E-state index in [-0.39, 0.29) is 14.9 Å². The summed E-state index contributed by atoms with van der Waals surface area (Å²) in [5, 5.41) is 4.55. The Morgan fingerprint density at radius 3 is 2.47 bits per heavy atom. The molecule has 2 heterocycles. The second-order valence-corrected chi connectivity index (χ2v) is 11.8. The number of aromatic nitrogens is 2. The lowest BCUT2D eigenvalue weighted by atomic mass is 10.1. The van der Waals surface area contributed by atoms with Crippen molar-refractivity contribution in [1.29, 1.82) is 0 Å². The van der Waals surface area contributed by atoms with Gasteiger partial charge in [0.1, 0.15) is 5.82 Å². The molecule has 178 valence electrons. The molecule has 0 atom stereocenters. The van der Waals surface area contributed by atoms with E-state index in [0.29, 0.717) is 24.5 Å². The molecule has 4 aromatic rings. The molecule has 0 aliphatic heterocycles. The van der Waals surface area contributed by atoms with Gasteiger partial charge in [-0.25, -0.2) is 17.7 Å². The Balaban J connectivity index is 1.49. The van der Waals surface area contributed by atoms with E-state index in [1.54, 1.807) is 0 Å². The van der Waals surface area contributed by atoms with Crippen LogP contribution >= 0.6 is 50.7 Å². The van der Waals surface area contributed by atoms with Crippen molar-refractivity contribution in [2.45, 2.75) is 11.3 Å². The van der Waals surface area contributed by atoms with Crippen LogP contribution in [-0.4, -0.2) is 42.2 Å². The second kappa shape index (κ2) is 10.4. The van der Waals surface area contributed by atoms with Gasteiger partial charge in [0.15, 0.2) is 5.65 Å². The van der Waals surface area contributed by atoms with Crippen LogP contribution in [0.2, 0.25) is 15.1 Å². The number of sulfonamides is 1. The fourth-order valence-corrected chi connectivity index (χ4v) is 6.05. The van der Waals surface area contributed by atoms with E-state index in [1.807, 2.05) is 47.0 Å². The van der Waals surface area contributed by atoms with Gasteiger partial charge in [-0.1, -0.05) is 53.0 Å². The van der Waals surface area contributed by atoms with Gasteiger partial charge in [0, 0.05) is 53.0 Å². The normalized spacial score (nSPS) is 11.9. The molecule has 0 aliphatic rings. The van der Waals surface area contributed by atoms with Crippen molar-refractivity contribution in [2.75, 3.05) is 25.5 Å². The van der Waals surface area contributed by atoms with Gasteiger partial charge in [0.25, 0.3) is 0 Å². The summed E-state index contributed by atoms with van der Waals surface area (Å²) in [6.07, 6.45) is 2.47. The number of hydrogen-bond donors (Lipinski definition) is 1. The predicted octanol–water partition coefficient (Wildman–Crippen LogP) is 6.85. The smallest absolute Gasteiger partial charge is 0.242 e. The molecule has 0 saturated heterocycles. The van der Waals surface area contributed by atoms with Crippen molar-refractivity contribution >= 4 is 72.2 Å². The van der Waals surface area contributed by atoms with Crippen molar-refractivity contribution in [2.24, 2.45) is 0 Å². The lowest BCUT2D eigenvalue weighted by Gasteiger charge is -2.18. The third-order valence-electron chi connectivity index (χ3n) is 5.22. The molecule has 0 aliphatic carbocycles. The summed E-state index contributed by atoms with van der Waals surface area (Å²) < 4.78 is 29.8. The highest BCUT2D eigenvalue weighted by Gasteiger charge is 2.21. The van der Waals surface area contributed by atoms with Crippen LogP contribution in [0.15, 0.2) is 70.2 Å². The predicted molar refractivity (Wildman–Crippen MR) is 143 cm³/mol. The van der Waals surface area contributed by atoms with Gasteiger partial charge >= 0.3 is 0 Å². The van der Waals surface area contributed by atoms with Crippen LogP contribution in [0.5, 0.6) is 0 Å². The van der Waals surface area contributed by atoms with E-state index in [0.717, 1.165) is 27.2 Å². The molecule has 0 fully saturated rings. The molecule has 0 radical (unpaired) electrons. The highest BCUT2D eigenvalue weighted by Crippen LogP contribution is 2.31. The maximum Gasteiger partial charge on any atom is 0.242 e. The summed E-state index contributed by atoms with van der Waals surface area (Å²) in [5.74, 6) is 0.817. The van der Waals surface area contributed by atoms with E-state index in [1.165, 1.54) is 29.6 Å². The molecular weight excluding hydrogens is 583 g/mol. The van der Waals surface area contributed by atoms with Crippen LogP contribution < -0.4 is 5.32 Å². The maximum absolute atomic E-state index is 12.9. The molecule has 0 bridgehead atoms. The fraction of sp³-hybridized carbons (Fsp3) is 0.174. The molecular formula is C23H20BrCl3N4O2S.